The molecule has 1 aliphatic heterocycles. The van der Waals surface area contributed by atoms with E-state index in [9.17, 15) is 4.39 Å². The van der Waals surface area contributed by atoms with E-state index >= 15 is 0 Å². The molecular weight excluding hydrogens is 383 g/mol. The zero-order chi connectivity index (χ0) is 21.1. The molecule has 0 radical (unpaired) electrons. The zero-order valence-corrected chi connectivity index (χ0v) is 17.6. The molecule has 0 saturated carbocycles. The Bertz CT molecular complexity index is 1000. The van der Waals surface area contributed by atoms with E-state index in [4.69, 9.17) is 14.2 Å². The van der Waals surface area contributed by atoms with Crippen molar-refractivity contribution in [1.29, 1.82) is 0 Å². The number of aromatic nitrogens is 1. The summed E-state index contributed by atoms with van der Waals surface area (Å²) < 4.78 is 32.7. The van der Waals surface area contributed by atoms with Crippen molar-refractivity contribution in [3.63, 3.8) is 0 Å². The van der Waals surface area contributed by atoms with Gasteiger partial charge >= 0.3 is 0 Å². The molecule has 2 heterocycles. The SMILES string of the molecule is COc1ccc([C@@H]2c3cccn3CCCN2Cc2ccc(F)cc2)c(OC)c1OC. The molecule has 158 valence electrons. The van der Waals surface area contributed by atoms with E-state index in [-0.39, 0.29) is 11.9 Å². The summed E-state index contributed by atoms with van der Waals surface area (Å²) in [6, 6.07) is 14.9. The Balaban J connectivity index is 1.83. The van der Waals surface area contributed by atoms with Gasteiger partial charge in [0.1, 0.15) is 5.82 Å². The van der Waals surface area contributed by atoms with Gasteiger partial charge in [0.2, 0.25) is 5.75 Å². The lowest BCUT2D eigenvalue weighted by Gasteiger charge is -2.32. The van der Waals surface area contributed by atoms with Crippen LogP contribution in [0, 0.1) is 5.82 Å². The van der Waals surface area contributed by atoms with Crippen molar-refractivity contribution in [2.75, 3.05) is 27.9 Å². The molecule has 1 atom stereocenters. The number of hydrogen-bond acceptors (Lipinski definition) is 4. The van der Waals surface area contributed by atoms with Crippen molar-refractivity contribution in [1.82, 2.24) is 9.47 Å². The highest BCUT2D eigenvalue weighted by molar-refractivity contribution is 5.58. The van der Waals surface area contributed by atoms with Gasteiger partial charge < -0.3 is 18.8 Å². The first-order valence-electron chi connectivity index (χ1n) is 10.1. The van der Waals surface area contributed by atoms with E-state index in [0.29, 0.717) is 23.8 Å². The highest BCUT2D eigenvalue weighted by atomic mass is 19.1. The van der Waals surface area contributed by atoms with Gasteiger partial charge in [-0.15, -0.1) is 0 Å². The maximum atomic E-state index is 13.4. The number of hydrogen-bond donors (Lipinski definition) is 0. The molecule has 3 aromatic rings. The molecule has 6 heteroatoms. The average molecular weight is 410 g/mol. The number of aryl methyl sites for hydroxylation is 1. The van der Waals surface area contributed by atoms with Gasteiger partial charge in [-0.3, -0.25) is 4.90 Å². The predicted molar refractivity (Wildman–Crippen MR) is 114 cm³/mol. The summed E-state index contributed by atoms with van der Waals surface area (Å²) in [6.45, 7) is 2.56. The summed E-state index contributed by atoms with van der Waals surface area (Å²) in [7, 11) is 4.89. The second-order valence-electron chi connectivity index (χ2n) is 7.40. The monoisotopic (exact) mass is 410 g/mol. The van der Waals surface area contributed by atoms with E-state index in [1.165, 1.54) is 17.8 Å². The number of methoxy groups -OCH3 is 3. The maximum Gasteiger partial charge on any atom is 0.203 e. The molecule has 0 N–H and O–H groups in total. The third kappa shape index (κ3) is 3.75. The minimum absolute atomic E-state index is 0.0395. The lowest BCUT2D eigenvalue weighted by Crippen LogP contribution is -2.30. The van der Waals surface area contributed by atoms with Crippen LogP contribution in [0.4, 0.5) is 4.39 Å². The lowest BCUT2D eigenvalue weighted by molar-refractivity contribution is 0.214. The highest BCUT2D eigenvalue weighted by Gasteiger charge is 2.31. The molecule has 0 amide bonds. The molecule has 2 aromatic carbocycles. The largest absolute Gasteiger partial charge is 0.493 e. The van der Waals surface area contributed by atoms with Gasteiger partial charge in [0.25, 0.3) is 0 Å². The van der Waals surface area contributed by atoms with Crippen molar-refractivity contribution in [3.8, 4) is 17.2 Å². The Morgan fingerprint density at radius 3 is 2.37 bits per heavy atom. The van der Waals surface area contributed by atoms with Gasteiger partial charge in [-0.1, -0.05) is 12.1 Å². The Kier molecular flexibility index (Phi) is 5.95. The second kappa shape index (κ2) is 8.79. The van der Waals surface area contributed by atoms with Crippen molar-refractivity contribution < 1.29 is 18.6 Å². The topological polar surface area (TPSA) is 35.9 Å². The quantitative estimate of drug-likeness (QED) is 0.593. The molecule has 1 aromatic heterocycles. The summed E-state index contributed by atoms with van der Waals surface area (Å²) in [5.41, 5.74) is 3.28. The van der Waals surface area contributed by atoms with Crippen molar-refractivity contribution in [2.45, 2.75) is 25.6 Å². The van der Waals surface area contributed by atoms with Crippen LogP contribution >= 0.6 is 0 Å². The molecular formula is C24H27FN2O3. The van der Waals surface area contributed by atoms with Crippen LogP contribution in [0.25, 0.3) is 0 Å². The first kappa shape index (κ1) is 20.3. The summed E-state index contributed by atoms with van der Waals surface area (Å²) in [5, 5.41) is 0. The number of nitrogens with zero attached hydrogens (tertiary/aromatic N) is 2. The molecule has 4 rings (SSSR count). The molecule has 0 fully saturated rings. The van der Waals surface area contributed by atoms with Crippen molar-refractivity contribution in [3.05, 3.63) is 77.4 Å². The summed E-state index contributed by atoms with van der Waals surface area (Å²) >= 11 is 0. The first-order chi connectivity index (χ1) is 14.7. The second-order valence-corrected chi connectivity index (χ2v) is 7.40. The Hall–Kier alpha value is -2.99. The molecule has 0 saturated heterocycles. The Labute approximate surface area is 176 Å². The van der Waals surface area contributed by atoms with E-state index in [1.807, 2.05) is 24.3 Å². The van der Waals surface area contributed by atoms with Gasteiger partial charge in [-0.2, -0.15) is 0 Å². The third-order valence-electron chi connectivity index (χ3n) is 5.68. The van der Waals surface area contributed by atoms with E-state index in [1.54, 1.807) is 21.3 Å². The van der Waals surface area contributed by atoms with Gasteiger partial charge in [-0.25, -0.2) is 4.39 Å². The average Bonchev–Trinajstić information content (AvgIpc) is 3.16. The number of benzene rings is 2. The van der Waals surface area contributed by atoms with E-state index in [2.05, 4.69) is 27.8 Å². The summed E-state index contributed by atoms with van der Waals surface area (Å²) in [4.78, 5) is 2.41. The van der Waals surface area contributed by atoms with Gasteiger partial charge in [0, 0.05) is 37.1 Å². The minimum atomic E-state index is -0.221. The van der Waals surface area contributed by atoms with Crippen LogP contribution in [0.15, 0.2) is 54.7 Å². The Morgan fingerprint density at radius 1 is 0.900 bits per heavy atom. The van der Waals surface area contributed by atoms with Gasteiger partial charge in [0.15, 0.2) is 11.5 Å². The highest BCUT2D eigenvalue weighted by Crippen LogP contribution is 2.46. The summed E-state index contributed by atoms with van der Waals surface area (Å²) in [5.74, 6) is 1.66. The van der Waals surface area contributed by atoms with Gasteiger partial charge in [-0.05, 0) is 48.4 Å². The molecule has 0 bridgehead atoms. The molecule has 0 unspecified atom stereocenters. The summed E-state index contributed by atoms with van der Waals surface area (Å²) in [6.07, 6.45) is 3.14. The van der Waals surface area contributed by atoms with E-state index in [0.717, 1.165) is 30.6 Å². The van der Waals surface area contributed by atoms with Crippen LogP contribution in [0.2, 0.25) is 0 Å². The smallest absolute Gasteiger partial charge is 0.203 e. The molecule has 0 aliphatic carbocycles. The van der Waals surface area contributed by atoms with Crippen molar-refractivity contribution in [2.24, 2.45) is 0 Å². The fraction of sp³-hybridized carbons (Fsp3) is 0.333. The number of halogens is 1. The van der Waals surface area contributed by atoms with Crippen LogP contribution in [-0.4, -0.2) is 37.3 Å². The van der Waals surface area contributed by atoms with Crippen LogP contribution in [0.3, 0.4) is 0 Å². The van der Waals surface area contributed by atoms with Crippen LogP contribution in [0.1, 0.15) is 29.3 Å². The maximum absolute atomic E-state index is 13.4. The molecule has 5 nitrogen and oxygen atoms in total. The zero-order valence-electron chi connectivity index (χ0n) is 17.6. The minimum Gasteiger partial charge on any atom is -0.493 e. The lowest BCUT2D eigenvalue weighted by atomic mass is 9.99. The normalized spacial score (nSPS) is 16.6. The third-order valence-corrected chi connectivity index (χ3v) is 5.68. The van der Waals surface area contributed by atoms with Crippen LogP contribution in [0.5, 0.6) is 17.2 Å². The standard InChI is InChI=1S/C24H27FN2O3/c1-28-21-12-11-19(23(29-2)24(21)30-3)22-20-6-4-13-26(20)14-5-15-27(22)16-17-7-9-18(25)10-8-17/h4,6-13,22H,5,14-16H2,1-3H3/t22-/m1/s1. The fourth-order valence-electron chi connectivity index (χ4n) is 4.33. The predicted octanol–water partition coefficient (Wildman–Crippen LogP) is 4.65. The Morgan fingerprint density at radius 2 is 1.67 bits per heavy atom. The molecule has 30 heavy (non-hydrogen) atoms. The number of ether oxygens (including phenoxy) is 3. The molecule has 0 spiro atoms. The molecule has 1 aliphatic rings. The van der Waals surface area contributed by atoms with Crippen LogP contribution in [-0.2, 0) is 13.1 Å². The van der Waals surface area contributed by atoms with E-state index < -0.39 is 0 Å². The first-order valence-corrected chi connectivity index (χ1v) is 10.1. The van der Waals surface area contributed by atoms with Crippen molar-refractivity contribution >= 4 is 0 Å². The fourth-order valence-corrected chi connectivity index (χ4v) is 4.33. The van der Waals surface area contributed by atoms with Crippen LogP contribution < -0.4 is 14.2 Å². The number of rotatable bonds is 6. The number of fused-ring (bicyclic) bond motifs is 1. The van der Waals surface area contributed by atoms with Gasteiger partial charge in [0.05, 0.1) is 27.4 Å².